The van der Waals surface area contributed by atoms with Crippen LogP contribution in [0.2, 0.25) is 5.02 Å². The molecule has 8 nitrogen and oxygen atoms in total. The fourth-order valence-corrected chi connectivity index (χ4v) is 5.25. The Kier molecular flexibility index (Phi) is 9.15. The van der Waals surface area contributed by atoms with Gasteiger partial charge in [0.15, 0.2) is 0 Å². The molecule has 10 heteroatoms. The molecule has 1 atom stereocenters. The molecule has 0 unspecified atom stereocenters. The highest BCUT2D eigenvalue weighted by Gasteiger charge is 2.33. The molecule has 2 aromatic carbocycles. The maximum Gasteiger partial charge on any atom is 0.304 e. The van der Waals surface area contributed by atoms with Gasteiger partial charge in [-0.1, -0.05) is 54.8 Å². The third-order valence-electron chi connectivity index (χ3n) is 6.20. The van der Waals surface area contributed by atoms with Gasteiger partial charge in [-0.05, 0) is 49.6 Å². The SMILES string of the molecule is C[C@@H](C(=O)NC1CCCC1)N(Cc1ccc(Cl)cc1)C(=O)CN(c1ccccc1)S(=O)(=O)N(C)C. The largest absolute Gasteiger partial charge is 0.352 e. The number of halogens is 1. The lowest BCUT2D eigenvalue weighted by molar-refractivity contribution is -0.139. The van der Waals surface area contributed by atoms with Gasteiger partial charge in [0.25, 0.3) is 0 Å². The Balaban J connectivity index is 1.89. The summed E-state index contributed by atoms with van der Waals surface area (Å²) in [6.07, 6.45) is 3.99. The van der Waals surface area contributed by atoms with Gasteiger partial charge in [0, 0.05) is 31.7 Å². The highest BCUT2D eigenvalue weighted by molar-refractivity contribution is 7.90. The molecule has 1 fully saturated rings. The first-order valence-electron chi connectivity index (χ1n) is 11.7. The summed E-state index contributed by atoms with van der Waals surface area (Å²) in [5.41, 5.74) is 1.15. The van der Waals surface area contributed by atoms with Crippen molar-refractivity contribution >= 4 is 39.3 Å². The minimum atomic E-state index is -3.96. The average molecular weight is 521 g/mol. The van der Waals surface area contributed by atoms with Crippen molar-refractivity contribution in [3.05, 3.63) is 65.2 Å². The monoisotopic (exact) mass is 520 g/mol. The second-order valence-electron chi connectivity index (χ2n) is 8.95. The van der Waals surface area contributed by atoms with Crippen LogP contribution in [0, 0.1) is 0 Å². The molecule has 1 aliphatic carbocycles. The van der Waals surface area contributed by atoms with E-state index in [2.05, 4.69) is 5.32 Å². The Morgan fingerprint density at radius 2 is 1.63 bits per heavy atom. The molecule has 190 valence electrons. The Hall–Kier alpha value is -2.62. The van der Waals surface area contributed by atoms with Gasteiger partial charge in [0.2, 0.25) is 11.8 Å². The number of nitrogens with zero attached hydrogens (tertiary/aromatic N) is 3. The van der Waals surface area contributed by atoms with E-state index in [1.165, 1.54) is 19.0 Å². The lowest BCUT2D eigenvalue weighted by atomic mass is 10.1. The minimum absolute atomic E-state index is 0.104. The predicted molar refractivity (Wildman–Crippen MR) is 138 cm³/mol. The molecular formula is C25H33ClN4O4S. The van der Waals surface area contributed by atoms with E-state index in [1.54, 1.807) is 61.5 Å². The van der Waals surface area contributed by atoms with Crippen molar-refractivity contribution in [3.63, 3.8) is 0 Å². The average Bonchev–Trinajstić information content (AvgIpc) is 3.35. The van der Waals surface area contributed by atoms with Crippen molar-refractivity contribution in [2.45, 2.75) is 51.2 Å². The van der Waals surface area contributed by atoms with Crippen molar-refractivity contribution in [1.29, 1.82) is 0 Å². The van der Waals surface area contributed by atoms with E-state index >= 15 is 0 Å². The lowest BCUT2D eigenvalue weighted by Gasteiger charge is -2.33. The number of para-hydroxylation sites is 1. The van der Waals surface area contributed by atoms with Crippen LogP contribution in [0.25, 0.3) is 0 Å². The van der Waals surface area contributed by atoms with Crippen LogP contribution >= 0.6 is 11.6 Å². The molecule has 0 spiro atoms. The molecule has 3 rings (SSSR count). The molecule has 0 saturated heterocycles. The zero-order valence-electron chi connectivity index (χ0n) is 20.4. The Bertz CT molecular complexity index is 1100. The summed E-state index contributed by atoms with van der Waals surface area (Å²) >= 11 is 6.01. The van der Waals surface area contributed by atoms with Gasteiger partial charge in [-0.15, -0.1) is 0 Å². The lowest BCUT2D eigenvalue weighted by Crippen LogP contribution is -2.53. The van der Waals surface area contributed by atoms with E-state index in [4.69, 9.17) is 11.6 Å². The first kappa shape index (κ1) is 27.0. The summed E-state index contributed by atoms with van der Waals surface area (Å²) in [5.74, 6) is -0.732. The zero-order chi connectivity index (χ0) is 25.6. The molecule has 2 aromatic rings. The fourth-order valence-electron chi connectivity index (χ4n) is 4.07. The number of amides is 2. The van der Waals surface area contributed by atoms with Gasteiger partial charge in [-0.2, -0.15) is 12.7 Å². The molecule has 1 N–H and O–H groups in total. The first-order valence-corrected chi connectivity index (χ1v) is 13.5. The maximum atomic E-state index is 13.6. The van der Waals surface area contributed by atoms with Crippen LogP contribution in [0.3, 0.4) is 0 Å². The Morgan fingerprint density at radius 3 is 2.20 bits per heavy atom. The van der Waals surface area contributed by atoms with Gasteiger partial charge in [-0.25, -0.2) is 4.31 Å². The quantitative estimate of drug-likeness (QED) is 0.519. The smallest absolute Gasteiger partial charge is 0.304 e. The number of hydrogen-bond acceptors (Lipinski definition) is 4. The van der Waals surface area contributed by atoms with Gasteiger partial charge < -0.3 is 10.2 Å². The van der Waals surface area contributed by atoms with E-state index in [0.717, 1.165) is 39.9 Å². The number of carbonyl (C=O) groups is 2. The van der Waals surface area contributed by atoms with E-state index in [-0.39, 0.29) is 18.5 Å². The number of rotatable bonds is 10. The number of anilines is 1. The molecule has 0 aromatic heterocycles. The highest BCUT2D eigenvalue weighted by atomic mass is 35.5. The van der Waals surface area contributed by atoms with Crippen LogP contribution in [0.4, 0.5) is 5.69 Å². The van der Waals surface area contributed by atoms with E-state index < -0.39 is 28.7 Å². The van der Waals surface area contributed by atoms with Gasteiger partial charge in [-0.3, -0.25) is 9.59 Å². The number of carbonyl (C=O) groups excluding carboxylic acids is 2. The minimum Gasteiger partial charge on any atom is -0.352 e. The standard InChI is InChI=1S/C25H33ClN4O4S/c1-19(25(32)27-22-9-7-8-10-22)29(17-20-13-15-21(26)16-14-20)24(31)18-30(35(33,34)28(2)3)23-11-5-4-6-12-23/h4-6,11-16,19,22H,7-10,17-18H2,1-3H3,(H,27,32)/t19-/m0/s1. The number of hydrogen-bond donors (Lipinski definition) is 1. The van der Waals surface area contributed by atoms with Crippen molar-refractivity contribution < 1.29 is 18.0 Å². The van der Waals surface area contributed by atoms with Gasteiger partial charge >= 0.3 is 10.2 Å². The van der Waals surface area contributed by atoms with Crippen LogP contribution in [0.15, 0.2) is 54.6 Å². The number of benzene rings is 2. The molecule has 1 aliphatic rings. The Morgan fingerprint density at radius 1 is 1.03 bits per heavy atom. The van der Waals surface area contributed by atoms with Gasteiger partial charge in [0.1, 0.15) is 12.6 Å². The van der Waals surface area contributed by atoms with Crippen LogP contribution in [-0.4, -0.2) is 62.2 Å². The first-order chi connectivity index (χ1) is 16.6. The molecular weight excluding hydrogens is 488 g/mol. The summed E-state index contributed by atoms with van der Waals surface area (Å²) < 4.78 is 28.3. The van der Waals surface area contributed by atoms with Crippen molar-refractivity contribution in [3.8, 4) is 0 Å². The molecule has 1 saturated carbocycles. The van der Waals surface area contributed by atoms with E-state index in [0.29, 0.717) is 10.7 Å². The fraction of sp³-hybridized carbons (Fsp3) is 0.440. The number of nitrogens with one attached hydrogen (secondary N) is 1. The van der Waals surface area contributed by atoms with Crippen molar-refractivity contribution in [2.24, 2.45) is 0 Å². The van der Waals surface area contributed by atoms with E-state index in [9.17, 15) is 18.0 Å². The molecule has 0 heterocycles. The van der Waals surface area contributed by atoms with E-state index in [1.807, 2.05) is 0 Å². The zero-order valence-corrected chi connectivity index (χ0v) is 21.9. The van der Waals surface area contributed by atoms with Crippen LogP contribution < -0.4 is 9.62 Å². The van der Waals surface area contributed by atoms with Crippen LogP contribution in [0.1, 0.15) is 38.2 Å². The second-order valence-corrected chi connectivity index (χ2v) is 11.4. The topological polar surface area (TPSA) is 90.0 Å². The van der Waals surface area contributed by atoms with Crippen molar-refractivity contribution in [1.82, 2.24) is 14.5 Å². The maximum absolute atomic E-state index is 13.6. The second kappa shape index (κ2) is 11.9. The Labute approximate surface area is 213 Å². The molecule has 35 heavy (non-hydrogen) atoms. The third kappa shape index (κ3) is 6.96. The third-order valence-corrected chi connectivity index (χ3v) is 8.27. The highest BCUT2D eigenvalue weighted by Crippen LogP contribution is 2.22. The molecule has 0 bridgehead atoms. The predicted octanol–water partition coefficient (Wildman–Crippen LogP) is 3.43. The summed E-state index contributed by atoms with van der Waals surface area (Å²) in [6, 6.07) is 14.8. The van der Waals surface area contributed by atoms with Crippen LogP contribution in [0.5, 0.6) is 0 Å². The van der Waals surface area contributed by atoms with Crippen LogP contribution in [-0.2, 0) is 26.3 Å². The summed E-state index contributed by atoms with van der Waals surface area (Å²) in [5, 5.41) is 3.61. The van der Waals surface area contributed by atoms with Gasteiger partial charge in [0.05, 0.1) is 5.69 Å². The molecule has 2 amide bonds. The molecule has 0 radical (unpaired) electrons. The summed E-state index contributed by atoms with van der Waals surface area (Å²) in [7, 11) is -1.13. The summed E-state index contributed by atoms with van der Waals surface area (Å²) in [4.78, 5) is 28.2. The normalized spacial score (nSPS) is 15.1. The summed E-state index contributed by atoms with van der Waals surface area (Å²) in [6.45, 7) is 1.37. The molecule has 0 aliphatic heterocycles. The van der Waals surface area contributed by atoms with Crippen molar-refractivity contribution in [2.75, 3.05) is 24.9 Å².